The van der Waals surface area contributed by atoms with Gasteiger partial charge in [0.05, 0.1) is 13.1 Å². The van der Waals surface area contributed by atoms with Crippen LogP contribution in [0.4, 0.5) is 4.39 Å². The number of rotatable bonds is 5. The number of nitrogens with zero attached hydrogens (tertiary/aromatic N) is 3. The zero-order valence-electron chi connectivity index (χ0n) is 15.2. The Morgan fingerprint density at radius 1 is 1.35 bits per heavy atom. The number of halogens is 1. The molecule has 0 spiro atoms. The Morgan fingerprint density at radius 2 is 2.12 bits per heavy atom. The van der Waals surface area contributed by atoms with E-state index in [0.29, 0.717) is 29.5 Å². The Kier molecular flexibility index (Phi) is 5.06. The molecule has 1 aromatic heterocycles. The molecule has 0 radical (unpaired) electrons. The van der Waals surface area contributed by atoms with Gasteiger partial charge in [-0.25, -0.2) is 9.37 Å². The Labute approximate surface area is 151 Å². The number of hydrogen-bond donors (Lipinski definition) is 0. The summed E-state index contributed by atoms with van der Waals surface area (Å²) in [6.07, 6.45) is 0.811. The van der Waals surface area contributed by atoms with E-state index in [9.17, 15) is 14.0 Å². The first-order valence-corrected chi connectivity index (χ1v) is 8.71. The zero-order chi connectivity index (χ0) is 18.8. The minimum atomic E-state index is -0.545. The first-order valence-electron chi connectivity index (χ1n) is 8.71. The van der Waals surface area contributed by atoms with Crippen molar-refractivity contribution in [2.24, 2.45) is 0 Å². The van der Waals surface area contributed by atoms with Gasteiger partial charge in [0.15, 0.2) is 0 Å². The van der Waals surface area contributed by atoms with Crippen LogP contribution in [0.5, 0.6) is 0 Å². The molecule has 1 aliphatic rings. The van der Waals surface area contributed by atoms with Gasteiger partial charge in [0.2, 0.25) is 17.7 Å². The highest BCUT2D eigenvalue weighted by atomic mass is 19.1. The molecule has 2 heterocycles. The van der Waals surface area contributed by atoms with Gasteiger partial charge in [0.1, 0.15) is 23.3 Å². The molecule has 0 N–H and O–H groups in total. The molecule has 1 aromatic carbocycles. The topological polar surface area (TPSA) is 66.7 Å². The van der Waals surface area contributed by atoms with Gasteiger partial charge in [-0.15, -0.1) is 0 Å². The molecule has 3 rings (SSSR count). The number of oxazole rings is 1. The fourth-order valence-electron chi connectivity index (χ4n) is 3.11. The second-order valence-electron chi connectivity index (χ2n) is 6.49. The van der Waals surface area contributed by atoms with Crippen molar-refractivity contribution in [3.05, 3.63) is 41.5 Å². The SMILES string of the molecule is CCCN1CC(=O)N(Cc2nc(-c3cccc(F)c3)oc2C)[C@H](C)C1=O. The molecule has 1 atom stereocenters. The Balaban J connectivity index is 1.81. The minimum Gasteiger partial charge on any atom is -0.441 e. The highest BCUT2D eigenvalue weighted by molar-refractivity contribution is 5.94. The van der Waals surface area contributed by atoms with Gasteiger partial charge >= 0.3 is 0 Å². The van der Waals surface area contributed by atoms with Gasteiger partial charge in [0.25, 0.3) is 0 Å². The van der Waals surface area contributed by atoms with E-state index in [2.05, 4.69) is 4.98 Å². The largest absolute Gasteiger partial charge is 0.441 e. The molecule has 0 aliphatic carbocycles. The summed E-state index contributed by atoms with van der Waals surface area (Å²) < 4.78 is 19.1. The summed E-state index contributed by atoms with van der Waals surface area (Å²) in [5.41, 5.74) is 1.10. The van der Waals surface area contributed by atoms with Crippen LogP contribution in [0.25, 0.3) is 11.5 Å². The highest BCUT2D eigenvalue weighted by Crippen LogP contribution is 2.24. The average Bonchev–Trinajstić information content (AvgIpc) is 2.97. The molecular weight excluding hydrogens is 337 g/mol. The van der Waals surface area contributed by atoms with Crippen LogP contribution >= 0.6 is 0 Å². The van der Waals surface area contributed by atoms with Crippen LogP contribution in [0.1, 0.15) is 31.7 Å². The molecule has 0 bridgehead atoms. The summed E-state index contributed by atoms with van der Waals surface area (Å²) in [4.78, 5) is 32.5. The molecule has 1 saturated heterocycles. The first-order chi connectivity index (χ1) is 12.4. The number of aryl methyl sites for hydroxylation is 1. The summed E-state index contributed by atoms with van der Waals surface area (Å²) >= 11 is 0. The van der Waals surface area contributed by atoms with Crippen LogP contribution in [0.15, 0.2) is 28.7 Å². The Hall–Kier alpha value is -2.70. The maximum absolute atomic E-state index is 13.4. The normalized spacial score (nSPS) is 17.9. The third-order valence-corrected chi connectivity index (χ3v) is 4.56. The Morgan fingerprint density at radius 3 is 2.81 bits per heavy atom. The van der Waals surface area contributed by atoms with Crippen LogP contribution < -0.4 is 0 Å². The van der Waals surface area contributed by atoms with Crippen LogP contribution in [0, 0.1) is 12.7 Å². The van der Waals surface area contributed by atoms with E-state index >= 15 is 0 Å². The highest BCUT2D eigenvalue weighted by Gasteiger charge is 2.36. The molecule has 0 saturated carbocycles. The van der Waals surface area contributed by atoms with Crippen molar-refractivity contribution >= 4 is 11.8 Å². The average molecular weight is 359 g/mol. The smallest absolute Gasteiger partial charge is 0.245 e. The van der Waals surface area contributed by atoms with Crippen molar-refractivity contribution in [2.75, 3.05) is 13.1 Å². The molecule has 1 fully saturated rings. The van der Waals surface area contributed by atoms with Crippen molar-refractivity contribution in [2.45, 2.75) is 39.8 Å². The molecular formula is C19H22FN3O3. The van der Waals surface area contributed by atoms with Crippen LogP contribution in [-0.4, -0.2) is 45.7 Å². The maximum atomic E-state index is 13.4. The molecule has 6 nitrogen and oxygen atoms in total. The standard InChI is InChI=1S/C19H22FN3O3/c1-4-8-22-11-17(24)23(12(2)19(22)25)10-16-13(3)26-18(21-16)14-6-5-7-15(20)9-14/h5-7,9,12H,4,8,10-11H2,1-3H3/t12-/m1/s1. The summed E-state index contributed by atoms with van der Waals surface area (Å²) in [5.74, 6) is 0.306. The third-order valence-electron chi connectivity index (χ3n) is 4.56. The van der Waals surface area contributed by atoms with Crippen LogP contribution in [-0.2, 0) is 16.1 Å². The van der Waals surface area contributed by atoms with E-state index in [0.717, 1.165) is 6.42 Å². The number of carbonyl (C=O) groups is 2. The minimum absolute atomic E-state index is 0.0575. The lowest BCUT2D eigenvalue weighted by molar-refractivity contribution is -0.155. The molecule has 2 aromatic rings. The van der Waals surface area contributed by atoms with Gasteiger partial charge in [0, 0.05) is 12.1 Å². The lowest BCUT2D eigenvalue weighted by Crippen LogP contribution is -2.58. The fraction of sp³-hybridized carbons (Fsp3) is 0.421. The van der Waals surface area contributed by atoms with E-state index in [1.54, 1.807) is 30.9 Å². The van der Waals surface area contributed by atoms with Gasteiger partial charge in [-0.1, -0.05) is 13.0 Å². The van der Waals surface area contributed by atoms with E-state index in [4.69, 9.17) is 4.42 Å². The molecule has 2 amide bonds. The van der Waals surface area contributed by atoms with Gasteiger partial charge in [-0.05, 0) is 38.5 Å². The summed E-state index contributed by atoms with van der Waals surface area (Å²) in [6.45, 7) is 6.30. The molecule has 138 valence electrons. The Bertz CT molecular complexity index is 833. The predicted octanol–water partition coefficient (Wildman–Crippen LogP) is 2.76. The lowest BCUT2D eigenvalue weighted by atomic mass is 10.1. The fourth-order valence-corrected chi connectivity index (χ4v) is 3.11. The van der Waals surface area contributed by atoms with E-state index in [1.807, 2.05) is 6.92 Å². The third kappa shape index (κ3) is 3.47. The number of aromatic nitrogens is 1. The van der Waals surface area contributed by atoms with E-state index in [1.165, 1.54) is 17.0 Å². The number of amides is 2. The molecule has 7 heteroatoms. The van der Waals surface area contributed by atoms with E-state index < -0.39 is 6.04 Å². The summed E-state index contributed by atoms with van der Waals surface area (Å²) in [5, 5.41) is 0. The van der Waals surface area contributed by atoms with Crippen molar-refractivity contribution < 1.29 is 18.4 Å². The van der Waals surface area contributed by atoms with E-state index in [-0.39, 0.29) is 30.7 Å². The number of hydrogen-bond acceptors (Lipinski definition) is 4. The number of benzene rings is 1. The number of piperazine rings is 1. The monoisotopic (exact) mass is 359 g/mol. The van der Waals surface area contributed by atoms with Crippen molar-refractivity contribution in [1.29, 1.82) is 0 Å². The van der Waals surface area contributed by atoms with Gasteiger partial charge in [-0.2, -0.15) is 0 Å². The van der Waals surface area contributed by atoms with Crippen molar-refractivity contribution in [3.63, 3.8) is 0 Å². The van der Waals surface area contributed by atoms with Crippen molar-refractivity contribution in [1.82, 2.24) is 14.8 Å². The second-order valence-corrected chi connectivity index (χ2v) is 6.49. The number of carbonyl (C=O) groups excluding carboxylic acids is 2. The maximum Gasteiger partial charge on any atom is 0.245 e. The second kappa shape index (κ2) is 7.27. The molecule has 0 unspecified atom stereocenters. The van der Waals surface area contributed by atoms with Gasteiger partial charge < -0.3 is 14.2 Å². The first kappa shape index (κ1) is 18.1. The predicted molar refractivity (Wildman–Crippen MR) is 93.5 cm³/mol. The quantitative estimate of drug-likeness (QED) is 0.823. The summed E-state index contributed by atoms with van der Waals surface area (Å²) in [7, 11) is 0. The van der Waals surface area contributed by atoms with Crippen LogP contribution in [0.2, 0.25) is 0 Å². The molecule has 26 heavy (non-hydrogen) atoms. The lowest BCUT2D eigenvalue weighted by Gasteiger charge is -2.38. The zero-order valence-corrected chi connectivity index (χ0v) is 15.2. The molecule has 1 aliphatic heterocycles. The van der Waals surface area contributed by atoms with Gasteiger partial charge in [-0.3, -0.25) is 9.59 Å². The van der Waals surface area contributed by atoms with Crippen molar-refractivity contribution in [3.8, 4) is 11.5 Å². The van der Waals surface area contributed by atoms with Crippen LogP contribution in [0.3, 0.4) is 0 Å². The summed E-state index contributed by atoms with van der Waals surface area (Å²) in [6, 6.07) is 5.44.